The lowest BCUT2D eigenvalue weighted by molar-refractivity contribution is -0.159. The Morgan fingerprint density at radius 1 is 1.03 bits per heavy atom. The molecule has 9 nitrogen and oxygen atoms in total. The van der Waals surface area contributed by atoms with Crippen LogP contribution in [-0.4, -0.2) is 54.5 Å². The molecule has 9 heteroatoms. The standard InChI is InChI=1S/C24H26N4O5/c1-16(22(30)28-15-21(29)26-19-9-5-6-10-20(19)28)33-23(31)17-11-13-27(14-12-17)24(32)25-18-7-3-2-4-8-18/h2-10,16-17H,11-15H2,1H3,(H,25,32)(H,26,29). The van der Waals surface area contributed by atoms with E-state index in [1.54, 1.807) is 29.2 Å². The van der Waals surface area contributed by atoms with Crippen LogP contribution < -0.4 is 15.5 Å². The van der Waals surface area contributed by atoms with Crippen molar-refractivity contribution in [3.05, 3.63) is 54.6 Å². The molecule has 2 aliphatic rings. The van der Waals surface area contributed by atoms with Crippen molar-refractivity contribution in [3.63, 3.8) is 0 Å². The van der Waals surface area contributed by atoms with Crippen molar-refractivity contribution in [2.45, 2.75) is 25.9 Å². The van der Waals surface area contributed by atoms with E-state index in [0.717, 1.165) is 0 Å². The molecular formula is C24H26N4O5. The Bertz CT molecular complexity index is 1050. The molecule has 1 atom stereocenters. The third-order valence-electron chi connectivity index (χ3n) is 5.82. The maximum atomic E-state index is 12.9. The third-order valence-corrected chi connectivity index (χ3v) is 5.82. The summed E-state index contributed by atoms with van der Waals surface area (Å²) in [7, 11) is 0. The number of ether oxygens (including phenoxy) is 1. The van der Waals surface area contributed by atoms with Gasteiger partial charge in [-0.1, -0.05) is 30.3 Å². The Morgan fingerprint density at radius 3 is 2.42 bits per heavy atom. The fourth-order valence-corrected chi connectivity index (χ4v) is 4.01. The van der Waals surface area contributed by atoms with Crippen molar-refractivity contribution >= 4 is 40.9 Å². The largest absolute Gasteiger partial charge is 0.452 e. The first kappa shape index (κ1) is 22.3. The number of carbonyl (C=O) groups excluding carboxylic acids is 4. The highest BCUT2D eigenvalue weighted by Gasteiger charge is 2.34. The van der Waals surface area contributed by atoms with E-state index in [2.05, 4.69) is 10.6 Å². The highest BCUT2D eigenvalue weighted by Crippen LogP contribution is 2.30. The Kier molecular flexibility index (Phi) is 6.58. The first-order valence-electron chi connectivity index (χ1n) is 10.9. The number of anilines is 3. The lowest BCUT2D eigenvalue weighted by atomic mass is 9.97. The first-order chi connectivity index (χ1) is 15.9. The second-order valence-electron chi connectivity index (χ2n) is 8.13. The zero-order valence-electron chi connectivity index (χ0n) is 18.3. The molecule has 33 heavy (non-hydrogen) atoms. The summed E-state index contributed by atoms with van der Waals surface area (Å²) in [4.78, 5) is 53.0. The average molecular weight is 450 g/mol. The number of benzene rings is 2. The zero-order valence-corrected chi connectivity index (χ0v) is 18.3. The van der Waals surface area contributed by atoms with E-state index in [1.807, 2.05) is 30.3 Å². The van der Waals surface area contributed by atoms with Gasteiger partial charge < -0.3 is 20.3 Å². The molecule has 0 bridgehead atoms. The smallest absolute Gasteiger partial charge is 0.321 e. The fourth-order valence-electron chi connectivity index (χ4n) is 4.01. The Morgan fingerprint density at radius 2 is 1.70 bits per heavy atom. The van der Waals surface area contributed by atoms with Gasteiger partial charge in [0.1, 0.15) is 6.54 Å². The van der Waals surface area contributed by atoms with Gasteiger partial charge in [0.2, 0.25) is 5.91 Å². The molecule has 0 aromatic heterocycles. The minimum atomic E-state index is -1.03. The minimum absolute atomic E-state index is 0.132. The average Bonchev–Trinajstić information content (AvgIpc) is 2.83. The van der Waals surface area contributed by atoms with E-state index in [-0.39, 0.29) is 18.5 Å². The summed E-state index contributed by atoms with van der Waals surface area (Å²) < 4.78 is 5.47. The quantitative estimate of drug-likeness (QED) is 0.697. The molecule has 0 spiro atoms. The van der Waals surface area contributed by atoms with Gasteiger partial charge in [-0.15, -0.1) is 0 Å². The van der Waals surface area contributed by atoms with Crippen LogP contribution in [0.25, 0.3) is 0 Å². The Hall–Kier alpha value is -3.88. The van der Waals surface area contributed by atoms with Gasteiger partial charge in [-0.3, -0.25) is 19.3 Å². The number of piperidine rings is 1. The highest BCUT2D eigenvalue weighted by atomic mass is 16.5. The number of hydrogen-bond acceptors (Lipinski definition) is 5. The molecule has 1 unspecified atom stereocenters. The fraction of sp³-hybridized carbons (Fsp3) is 0.333. The van der Waals surface area contributed by atoms with Gasteiger partial charge in [-0.25, -0.2) is 4.79 Å². The topological polar surface area (TPSA) is 108 Å². The molecule has 2 N–H and O–H groups in total. The number of nitrogens with one attached hydrogen (secondary N) is 2. The lowest BCUT2D eigenvalue weighted by Crippen LogP contribution is -2.48. The number of amides is 4. The van der Waals surface area contributed by atoms with Crippen LogP contribution in [-0.2, 0) is 19.1 Å². The first-order valence-corrected chi connectivity index (χ1v) is 10.9. The van der Waals surface area contributed by atoms with Crippen LogP contribution in [0, 0.1) is 5.92 Å². The second-order valence-corrected chi connectivity index (χ2v) is 8.13. The summed E-state index contributed by atoms with van der Waals surface area (Å²) in [5, 5.41) is 5.57. The van der Waals surface area contributed by atoms with Crippen LogP contribution in [0.1, 0.15) is 19.8 Å². The molecule has 2 heterocycles. The molecular weight excluding hydrogens is 424 g/mol. The van der Waals surface area contributed by atoms with Gasteiger partial charge in [0.05, 0.1) is 17.3 Å². The molecule has 1 saturated heterocycles. The molecule has 2 aromatic rings. The minimum Gasteiger partial charge on any atom is -0.452 e. The van der Waals surface area contributed by atoms with Gasteiger partial charge >= 0.3 is 12.0 Å². The number of rotatable bonds is 4. The number of esters is 1. The maximum Gasteiger partial charge on any atom is 0.321 e. The molecule has 4 rings (SSSR count). The van der Waals surface area contributed by atoms with Gasteiger partial charge in [0, 0.05) is 18.8 Å². The van der Waals surface area contributed by atoms with Gasteiger partial charge in [0.25, 0.3) is 5.91 Å². The van der Waals surface area contributed by atoms with Crippen molar-refractivity contribution < 1.29 is 23.9 Å². The number of fused-ring (bicyclic) bond motifs is 1. The van der Waals surface area contributed by atoms with Gasteiger partial charge in [-0.2, -0.15) is 0 Å². The van der Waals surface area contributed by atoms with Crippen LogP contribution in [0.5, 0.6) is 0 Å². The number of hydrogen-bond donors (Lipinski definition) is 2. The number of carbonyl (C=O) groups is 4. The lowest BCUT2D eigenvalue weighted by Gasteiger charge is -2.33. The second kappa shape index (κ2) is 9.72. The number of para-hydroxylation sites is 3. The molecule has 4 amide bonds. The third kappa shape index (κ3) is 5.14. The van der Waals surface area contributed by atoms with E-state index < -0.39 is 23.9 Å². The molecule has 0 aliphatic carbocycles. The SMILES string of the molecule is CC(OC(=O)C1CCN(C(=O)Nc2ccccc2)CC1)C(=O)N1CC(=O)Nc2ccccc21. The van der Waals surface area contributed by atoms with Crippen LogP contribution in [0.2, 0.25) is 0 Å². The predicted molar refractivity (Wildman–Crippen MR) is 123 cm³/mol. The highest BCUT2D eigenvalue weighted by molar-refractivity contribution is 6.11. The molecule has 2 aliphatic heterocycles. The maximum absolute atomic E-state index is 12.9. The van der Waals surface area contributed by atoms with Gasteiger partial charge in [-0.05, 0) is 44.0 Å². The molecule has 172 valence electrons. The van der Waals surface area contributed by atoms with E-state index in [1.165, 1.54) is 11.8 Å². The molecule has 0 radical (unpaired) electrons. The summed E-state index contributed by atoms with van der Waals surface area (Å²) in [5.74, 6) is -1.61. The van der Waals surface area contributed by atoms with Crippen LogP contribution >= 0.6 is 0 Å². The van der Waals surface area contributed by atoms with Crippen molar-refractivity contribution in [1.82, 2.24) is 4.90 Å². The van der Waals surface area contributed by atoms with E-state index in [0.29, 0.717) is 43.0 Å². The number of nitrogens with zero attached hydrogens (tertiary/aromatic N) is 2. The summed E-state index contributed by atoms with van der Waals surface area (Å²) in [6.07, 6.45) is -0.121. The van der Waals surface area contributed by atoms with Crippen LogP contribution in [0.15, 0.2) is 54.6 Å². The monoisotopic (exact) mass is 450 g/mol. The van der Waals surface area contributed by atoms with E-state index in [9.17, 15) is 19.2 Å². The van der Waals surface area contributed by atoms with Crippen molar-refractivity contribution in [2.75, 3.05) is 35.2 Å². The summed E-state index contributed by atoms with van der Waals surface area (Å²) in [6, 6.07) is 16.0. The molecule has 2 aromatic carbocycles. The predicted octanol–water partition coefficient (Wildman–Crippen LogP) is 2.85. The molecule has 0 saturated carbocycles. The van der Waals surface area contributed by atoms with E-state index in [4.69, 9.17) is 4.74 Å². The van der Waals surface area contributed by atoms with Gasteiger partial charge in [0.15, 0.2) is 6.10 Å². The number of urea groups is 1. The Balaban J connectivity index is 1.30. The number of likely N-dealkylation sites (tertiary alicyclic amines) is 1. The van der Waals surface area contributed by atoms with Crippen molar-refractivity contribution in [1.29, 1.82) is 0 Å². The Labute approximate surface area is 191 Å². The van der Waals surface area contributed by atoms with Crippen molar-refractivity contribution in [3.8, 4) is 0 Å². The summed E-state index contributed by atoms with van der Waals surface area (Å²) in [6.45, 7) is 2.21. The van der Waals surface area contributed by atoms with E-state index >= 15 is 0 Å². The van der Waals surface area contributed by atoms with Crippen molar-refractivity contribution in [2.24, 2.45) is 5.92 Å². The molecule has 1 fully saturated rings. The zero-order chi connectivity index (χ0) is 23.4. The summed E-state index contributed by atoms with van der Waals surface area (Å²) in [5.41, 5.74) is 1.83. The van der Waals surface area contributed by atoms with Crippen LogP contribution in [0.4, 0.5) is 21.9 Å². The van der Waals surface area contributed by atoms with Crippen LogP contribution in [0.3, 0.4) is 0 Å². The summed E-state index contributed by atoms with van der Waals surface area (Å²) >= 11 is 0. The normalized spacial score (nSPS) is 16.9.